The van der Waals surface area contributed by atoms with Crippen LogP contribution in [0, 0.1) is 0 Å². The van der Waals surface area contributed by atoms with E-state index in [1.54, 1.807) is 13.8 Å². The number of ether oxygens (including phenoxy) is 2. The maximum Gasteiger partial charge on any atom is 0.309 e. The van der Waals surface area contributed by atoms with Crippen molar-refractivity contribution in [3.05, 3.63) is 35.9 Å². The Balaban J connectivity index is 2.44. The molecule has 1 atom stereocenters. The first-order chi connectivity index (χ1) is 8.13. The predicted octanol–water partition coefficient (Wildman–Crippen LogP) is 2.72. The van der Waals surface area contributed by atoms with Crippen LogP contribution in [0.4, 0.5) is 0 Å². The van der Waals surface area contributed by atoms with Crippen LogP contribution in [0.2, 0.25) is 0 Å². The van der Waals surface area contributed by atoms with E-state index in [-0.39, 0.29) is 18.5 Å². The molecule has 0 N–H and O–H groups in total. The van der Waals surface area contributed by atoms with Crippen molar-refractivity contribution in [2.75, 3.05) is 6.61 Å². The summed E-state index contributed by atoms with van der Waals surface area (Å²) in [6.45, 7) is 3.96. The zero-order valence-corrected chi connectivity index (χ0v) is 10.8. The number of esters is 1. The Bertz CT molecular complexity index is 376. The highest BCUT2D eigenvalue weighted by atomic mass is 32.1. The summed E-state index contributed by atoms with van der Waals surface area (Å²) >= 11 is 5.14. The van der Waals surface area contributed by atoms with Crippen molar-refractivity contribution in [1.82, 2.24) is 0 Å². The lowest BCUT2D eigenvalue weighted by Gasteiger charge is -2.14. The molecule has 17 heavy (non-hydrogen) atoms. The van der Waals surface area contributed by atoms with Gasteiger partial charge in [-0.05, 0) is 26.1 Å². The average Bonchev–Trinajstić information content (AvgIpc) is 2.30. The third-order valence-electron chi connectivity index (χ3n) is 2.08. The van der Waals surface area contributed by atoms with Gasteiger partial charge in [-0.3, -0.25) is 4.79 Å². The largest absolute Gasteiger partial charge is 0.479 e. The monoisotopic (exact) mass is 252 g/mol. The summed E-state index contributed by atoms with van der Waals surface area (Å²) < 4.78 is 10.3. The van der Waals surface area contributed by atoms with Gasteiger partial charge in [0.15, 0.2) is 5.05 Å². The minimum absolute atomic E-state index is 0.209. The molecule has 0 radical (unpaired) electrons. The van der Waals surface area contributed by atoms with E-state index in [0.29, 0.717) is 11.7 Å². The van der Waals surface area contributed by atoms with Crippen molar-refractivity contribution in [2.45, 2.75) is 26.4 Å². The number of hydrogen-bond donors (Lipinski definition) is 0. The molecule has 0 heterocycles. The molecule has 1 unspecified atom stereocenters. The van der Waals surface area contributed by atoms with Crippen LogP contribution in [0.1, 0.15) is 25.8 Å². The summed E-state index contributed by atoms with van der Waals surface area (Å²) in [4.78, 5) is 11.2. The van der Waals surface area contributed by atoms with E-state index >= 15 is 0 Å². The van der Waals surface area contributed by atoms with E-state index < -0.39 is 0 Å². The first-order valence-corrected chi connectivity index (χ1v) is 5.96. The molecule has 3 nitrogen and oxygen atoms in total. The number of rotatable bonds is 5. The molecular formula is C13H16O3S. The minimum Gasteiger partial charge on any atom is -0.479 e. The molecule has 0 aliphatic rings. The predicted molar refractivity (Wildman–Crippen MR) is 69.9 cm³/mol. The smallest absolute Gasteiger partial charge is 0.309 e. The van der Waals surface area contributed by atoms with E-state index in [1.165, 1.54) is 0 Å². The van der Waals surface area contributed by atoms with Crippen LogP contribution in [0.3, 0.4) is 0 Å². The molecule has 0 saturated carbocycles. The maximum absolute atomic E-state index is 11.2. The van der Waals surface area contributed by atoms with Gasteiger partial charge < -0.3 is 9.47 Å². The van der Waals surface area contributed by atoms with Crippen molar-refractivity contribution >= 4 is 23.2 Å². The van der Waals surface area contributed by atoms with Crippen LogP contribution in [0.5, 0.6) is 0 Å². The standard InChI is InChI=1S/C13H16O3S/c1-3-15-12(14)9-10(2)16-13(17)11-7-5-4-6-8-11/h4-8,10H,3,9H2,1-2H3. The average molecular weight is 252 g/mol. The summed E-state index contributed by atoms with van der Waals surface area (Å²) in [5, 5.41) is 0.405. The first kappa shape index (κ1) is 13.6. The second-order valence-corrected chi connectivity index (χ2v) is 3.96. The fraction of sp³-hybridized carbons (Fsp3) is 0.385. The number of carbonyl (C=O) groups excluding carboxylic acids is 1. The first-order valence-electron chi connectivity index (χ1n) is 5.55. The SMILES string of the molecule is CCOC(=O)CC(C)OC(=S)c1ccccc1. The van der Waals surface area contributed by atoms with E-state index in [4.69, 9.17) is 21.7 Å². The molecule has 1 aromatic carbocycles. The Labute approximate surface area is 107 Å². The van der Waals surface area contributed by atoms with E-state index in [2.05, 4.69) is 0 Å². The number of hydrogen-bond acceptors (Lipinski definition) is 4. The third-order valence-corrected chi connectivity index (χ3v) is 2.41. The molecule has 0 saturated heterocycles. The molecule has 0 aliphatic carbocycles. The minimum atomic E-state index is -0.276. The fourth-order valence-electron chi connectivity index (χ4n) is 1.32. The highest BCUT2D eigenvalue weighted by Gasteiger charge is 2.13. The zero-order chi connectivity index (χ0) is 12.7. The molecule has 0 aliphatic heterocycles. The van der Waals surface area contributed by atoms with Crippen molar-refractivity contribution in [3.63, 3.8) is 0 Å². The van der Waals surface area contributed by atoms with Crippen LogP contribution in [-0.2, 0) is 14.3 Å². The Morgan fingerprint density at radius 3 is 2.59 bits per heavy atom. The Hall–Kier alpha value is -1.42. The van der Waals surface area contributed by atoms with Gasteiger partial charge in [0.2, 0.25) is 0 Å². The van der Waals surface area contributed by atoms with Crippen LogP contribution in [0.25, 0.3) is 0 Å². The Morgan fingerprint density at radius 2 is 2.00 bits per heavy atom. The number of thiocarbonyl (C=S) groups is 1. The van der Waals surface area contributed by atoms with Gasteiger partial charge in [-0.15, -0.1) is 0 Å². The summed E-state index contributed by atoms with van der Waals surface area (Å²) in [6, 6.07) is 9.44. The quantitative estimate of drug-likeness (QED) is 0.596. The van der Waals surface area contributed by atoms with Gasteiger partial charge in [0.25, 0.3) is 0 Å². The van der Waals surface area contributed by atoms with Crippen LogP contribution in [0.15, 0.2) is 30.3 Å². The van der Waals surface area contributed by atoms with Crippen molar-refractivity contribution in [3.8, 4) is 0 Å². The molecule has 1 aromatic rings. The van der Waals surface area contributed by atoms with Crippen molar-refractivity contribution < 1.29 is 14.3 Å². The van der Waals surface area contributed by atoms with Gasteiger partial charge in [0.05, 0.1) is 13.0 Å². The molecular weight excluding hydrogens is 236 g/mol. The second kappa shape index (κ2) is 7.01. The normalized spacial score (nSPS) is 11.6. The zero-order valence-electron chi connectivity index (χ0n) is 10.0. The van der Waals surface area contributed by atoms with E-state index in [9.17, 15) is 4.79 Å². The molecule has 0 aromatic heterocycles. The molecule has 0 fully saturated rings. The van der Waals surface area contributed by atoms with Crippen LogP contribution >= 0.6 is 12.2 Å². The number of carbonyl (C=O) groups is 1. The maximum atomic E-state index is 11.2. The highest BCUT2D eigenvalue weighted by Crippen LogP contribution is 2.07. The van der Waals surface area contributed by atoms with Gasteiger partial charge >= 0.3 is 5.97 Å². The topological polar surface area (TPSA) is 35.5 Å². The summed E-state index contributed by atoms with van der Waals surface area (Å²) in [5.41, 5.74) is 0.846. The second-order valence-electron chi connectivity index (χ2n) is 3.59. The van der Waals surface area contributed by atoms with Gasteiger partial charge in [-0.25, -0.2) is 0 Å². The van der Waals surface area contributed by atoms with Gasteiger partial charge in [0, 0.05) is 5.56 Å². The Morgan fingerprint density at radius 1 is 1.35 bits per heavy atom. The van der Waals surface area contributed by atoms with Crippen LogP contribution < -0.4 is 0 Å². The molecule has 0 spiro atoms. The highest BCUT2D eigenvalue weighted by molar-refractivity contribution is 7.80. The van der Waals surface area contributed by atoms with Crippen molar-refractivity contribution in [2.24, 2.45) is 0 Å². The molecule has 1 rings (SSSR count). The molecule has 92 valence electrons. The van der Waals surface area contributed by atoms with E-state index in [0.717, 1.165) is 5.56 Å². The third kappa shape index (κ3) is 4.95. The van der Waals surface area contributed by atoms with Gasteiger partial charge in [-0.2, -0.15) is 0 Å². The number of benzene rings is 1. The fourth-order valence-corrected chi connectivity index (χ4v) is 1.62. The van der Waals surface area contributed by atoms with Gasteiger partial charge in [-0.1, -0.05) is 30.3 Å². The lowest BCUT2D eigenvalue weighted by atomic mass is 10.2. The summed E-state index contributed by atoms with van der Waals surface area (Å²) in [7, 11) is 0. The van der Waals surface area contributed by atoms with Gasteiger partial charge in [0.1, 0.15) is 6.10 Å². The summed E-state index contributed by atoms with van der Waals surface area (Å²) in [5.74, 6) is -0.268. The molecule has 0 amide bonds. The molecule has 0 bridgehead atoms. The Kier molecular flexibility index (Phi) is 5.63. The van der Waals surface area contributed by atoms with Crippen molar-refractivity contribution in [1.29, 1.82) is 0 Å². The molecule has 4 heteroatoms. The van der Waals surface area contributed by atoms with Crippen LogP contribution in [-0.4, -0.2) is 23.7 Å². The lowest BCUT2D eigenvalue weighted by molar-refractivity contribution is -0.144. The summed E-state index contributed by atoms with van der Waals surface area (Å²) in [6.07, 6.45) is -0.0670. The van der Waals surface area contributed by atoms with E-state index in [1.807, 2.05) is 30.3 Å². The lowest BCUT2D eigenvalue weighted by Crippen LogP contribution is -2.19.